The zero-order valence-electron chi connectivity index (χ0n) is 28.1. The van der Waals surface area contributed by atoms with Gasteiger partial charge in [0.15, 0.2) is 0 Å². The van der Waals surface area contributed by atoms with E-state index in [1.54, 1.807) is 6.20 Å². The summed E-state index contributed by atoms with van der Waals surface area (Å²) in [6, 6.07) is 51.3. The summed E-state index contributed by atoms with van der Waals surface area (Å²) in [7, 11) is 0. The van der Waals surface area contributed by atoms with E-state index in [1.165, 1.54) is 44.3 Å². The Morgan fingerprint density at radius 1 is 0.560 bits per heavy atom. The van der Waals surface area contributed by atoms with Gasteiger partial charge in [0.05, 0.1) is 5.58 Å². The van der Waals surface area contributed by atoms with Gasteiger partial charge in [-0.15, -0.1) is 54.1 Å². The molecule has 3 aliphatic rings. The van der Waals surface area contributed by atoms with Crippen molar-refractivity contribution >= 4 is 21.9 Å². The quantitative estimate of drug-likeness (QED) is 0.163. The van der Waals surface area contributed by atoms with E-state index in [0.29, 0.717) is 0 Å². The van der Waals surface area contributed by atoms with E-state index in [-0.39, 0.29) is 37.4 Å². The third-order valence-corrected chi connectivity index (χ3v) is 10.0. The minimum Gasteiger partial charge on any atom is -0.501 e. The molecular weight excluding hydrogens is 789 g/mol. The molecule has 3 aromatic heterocycles. The van der Waals surface area contributed by atoms with Crippen molar-refractivity contribution in [1.29, 1.82) is 0 Å². The van der Waals surface area contributed by atoms with Gasteiger partial charge < -0.3 is 14.4 Å². The first-order valence-corrected chi connectivity index (χ1v) is 16.9. The van der Waals surface area contributed by atoms with Crippen LogP contribution in [0.3, 0.4) is 0 Å². The SMILES string of the molecule is CC(C)(C)c1ccnc(-c2[c-]ccc3c2oc2cc4c(cc23)C2c3ccccc3C4c3ccccc32)c1.[Ir].[c-]1ccccc1-c1ccccn1. The molecule has 0 N–H and O–H groups in total. The second kappa shape index (κ2) is 12.6. The molecule has 0 spiro atoms. The van der Waals surface area contributed by atoms with Crippen LogP contribution in [0.4, 0.5) is 0 Å². The van der Waals surface area contributed by atoms with E-state index in [4.69, 9.17) is 9.40 Å². The minimum absolute atomic E-state index is 0. The molecule has 245 valence electrons. The van der Waals surface area contributed by atoms with Crippen molar-refractivity contribution in [2.45, 2.75) is 38.0 Å². The number of pyridine rings is 2. The molecule has 50 heavy (non-hydrogen) atoms. The number of nitrogens with zero attached hydrogens (tertiary/aromatic N) is 2. The van der Waals surface area contributed by atoms with Gasteiger partial charge in [0, 0.05) is 49.7 Å². The predicted molar refractivity (Wildman–Crippen MR) is 198 cm³/mol. The van der Waals surface area contributed by atoms with Gasteiger partial charge in [-0.1, -0.05) is 98.5 Å². The van der Waals surface area contributed by atoms with Crippen molar-refractivity contribution in [3.05, 3.63) is 191 Å². The molecule has 11 rings (SSSR count). The van der Waals surface area contributed by atoms with Crippen molar-refractivity contribution in [3.8, 4) is 22.5 Å². The molecule has 0 atom stereocenters. The molecule has 2 bridgehead atoms. The predicted octanol–water partition coefficient (Wildman–Crippen LogP) is 11.3. The van der Waals surface area contributed by atoms with Crippen molar-refractivity contribution in [3.63, 3.8) is 0 Å². The van der Waals surface area contributed by atoms with Crippen LogP contribution in [0.5, 0.6) is 0 Å². The van der Waals surface area contributed by atoms with Gasteiger partial charge in [-0.25, -0.2) is 0 Å². The summed E-state index contributed by atoms with van der Waals surface area (Å²) in [5, 5.41) is 2.29. The van der Waals surface area contributed by atoms with Gasteiger partial charge in [-0.2, -0.15) is 0 Å². The van der Waals surface area contributed by atoms with Gasteiger partial charge in [-0.05, 0) is 80.0 Å². The molecule has 0 saturated heterocycles. The Balaban J connectivity index is 0.000000236. The molecule has 3 nitrogen and oxygen atoms in total. The summed E-state index contributed by atoms with van der Waals surface area (Å²) in [5.41, 5.74) is 15.4. The summed E-state index contributed by atoms with van der Waals surface area (Å²) in [6.07, 6.45) is 3.69. The van der Waals surface area contributed by atoms with Crippen LogP contribution in [0.15, 0.2) is 144 Å². The molecule has 0 fully saturated rings. The van der Waals surface area contributed by atoms with Crippen LogP contribution in [0.2, 0.25) is 0 Å². The van der Waals surface area contributed by atoms with Crippen molar-refractivity contribution in [2.75, 3.05) is 0 Å². The number of aromatic nitrogens is 2. The number of hydrogen-bond donors (Lipinski definition) is 0. The molecule has 0 saturated carbocycles. The largest absolute Gasteiger partial charge is 0.501 e. The fraction of sp³-hybridized carbons (Fsp3) is 0.130. The van der Waals surface area contributed by atoms with E-state index < -0.39 is 0 Å². The van der Waals surface area contributed by atoms with Crippen molar-refractivity contribution < 1.29 is 24.5 Å². The second-order valence-electron chi connectivity index (χ2n) is 14.0. The Kier molecular flexibility index (Phi) is 8.10. The first kappa shape index (κ1) is 32.1. The molecule has 8 aromatic rings. The standard InChI is InChI=1S/C35H26NO.C11H8N.Ir/c1-35(2,3)20-15-16-36-30(17-20)26-14-8-13-25-27-18-28-29(19-31(27)37-34(25)26)33-23-11-6-4-9-21(23)32(28)22-10-5-7-12-24(22)33;1-2-6-10(7-3-1)11-8-4-5-9-12-11;/h4-13,15-19,32-33H,1-3H3;1-6,8-9H;/q2*-1;. The Hall–Kier alpha value is -5.15. The third-order valence-electron chi connectivity index (χ3n) is 10.0. The molecule has 3 heterocycles. The smallest absolute Gasteiger partial charge is 0.121 e. The van der Waals surface area contributed by atoms with Crippen LogP contribution in [0.25, 0.3) is 44.5 Å². The average molecular weight is 823 g/mol. The Morgan fingerprint density at radius 3 is 1.82 bits per heavy atom. The van der Waals surface area contributed by atoms with Gasteiger partial charge in [0.1, 0.15) is 5.58 Å². The number of benzene rings is 5. The maximum Gasteiger partial charge on any atom is 0.121 e. The van der Waals surface area contributed by atoms with Crippen molar-refractivity contribution in [1.82, 2.24) is 9.97 Å². The van der Waals surface area contributed by atoms with Crippen LogP contribution in [-0.4, -0.2) is 9.97 Å². The second-order valence-corrected chi connectivity index (χ2v) is 14.0. The number of hydrogen-bond acceptors (Lipinski definition) is 3. The fourth-order valence-corrected chi connectivity index (χ4v) is 7.70. The van der Waals surface area contributed by atoms with Gasteiger partial charge in [-0.3, -0.25) is 0 Å². The number of rotatable bonds is 2. The Morgan fingerprint density at radius 2 is 1.20 bits per heavy atom. The van der Waals surface area contributed by atoms with Crippen molar-refractivity contribution in [2.24, 2.45) is 0 Å². The molecule has 0 unspecified atom stereocenters. The van der Waals surface area contributed by atoms with E-state index in [2.05, 4.69) is 117 Å². The summed E-state index contributed by atoms with van der Waals surface area (Å²) in [4.78, 5) is 8.94. The topological polar surface area (TPSA) is 38.9 Å². The zero-order valence-corrected chi connectivity index (χ0v) is 30.5. The van der Waals surface area contributed by atoms with Crippen LogP contribution >= 0.6 is 0 Å². The summed E-state index contributed by atoms with van der Waals surface area (Å²) in [5.74, 6) is 0.489. The molecular formula is C46H34IrN2O-2. The van der Waals surface area contributed by atoms with E-state index >= 15 is 0 Å². The normalized spacial score (nSPS) is 15.3. The van der Waals surface area contributed by atoms with Crippen LogP contribution in [0.1, 0.15) is 71.6 Å². The van der Waals surface area contributed by atoms with Crippen LogP contribution in [0, 0.1) is 12.1 Å². The van der Waals surface area contributed by atoms with Gasteiger partial charge in [0.25, 0.3) is 0 Å². The maximum absolute atomic E-state index is 6.64. The van der Waals surface area contributed by atoms with Crippen LogP contribution < -0.4 is 0 Å². The Labute approximate surface area is 306 Å². The van der Waals surface area contributed by atoms with E-state index in [9.17, 15) is 0 Å². The first-order valence-electron chi connectivity index (χ1n) is 16.9. The first-order chi connectivity index (χ1) is 24.0. The summed E-state index contributed by atoms with van der Waals surface area (Å²) in [6.45, 7) is 6.69. The molecule has 5 aromatic carbocycles. The van der Waals surface area contributed by atoms with E-state index in [1.807, 2.05) is 54.7 Å². The molecule has 1 radical (unpaired) electrons. The average Bonchev–Trinajstić information content (AvgIpc) is 3.52. The number of fused-ring (bicyclic) bond motifs is 3. The minimum atomic E-state index is 0. The molecule has 0 aliphatic heterocycles. The van der Waals surface area contributed by atoms with E-state index in [0.717, 1.165) is 39.1 Å². The van der Waals surface area contributed by atoms with Crippen LogP contribution in [-0.2, 0) is 25.5 Å². The maximum atomic E-state index is 6.64. The monoisotopic (exact) mass is 823 g/mol. The summed E-state index contributed by atoms with van der Waals surface area (Å²) >= 11 is 0. The van der Waals surface area contributed by atoms with Gasteiger partial charge >= 0.3 is 0 Å². The Bertz CT molecular complexity index is 2410. The fourth-order valence-electron chi connectivity index (χ4n) is 7.70. The third kappa shape index (κ3) is 5.31. The molecule has 0 amide bonds. The molecule has 3 aliphatic carbocycles. The number of furan rings is 1. The van der Waals surface area contributed by atoms with Gasteiger partial charge in [0.2, 0.25) is 0 Å². The summed E-state index contributed by atoms with van der Waals surface area (Å²) < 4.78 is 6.64. The zero-order chi connectivity index (χ0) is 33.1. The molecule has 4 heteroatoms.